The highest BCUT2D eigenvalue weighted by atomic mass is 16.5. The standard InChI is InChI=1S/C18H22N2O3/c1-22-13-17(21)20-9-5-8-15(12-20)18-19-11-16(23-18)10-14-6-3-2-4-7-14/h2-4,6-7,11,15H,5,8-10,12-13H2,1H3/t15-/m1/s1. The van der Waals surface area contributed by atoms with Crippen molar-refractivity contribution in [2.45, 2.75) is 25.2 Å². The molecule has 1 atom stereocenters. The van der Waals surface area contributed by atoms with Gasteiger partial charge in [-0.1, -0.05) is 30.3 Å². The molecule has 2 heterocycles. The molecule has 122 valence electrons. The third kappa shape index (κ3) is 3.99. The van der Waals surface area contributed by atoms with Gasteiger partial charge in [0.05, 0.1) is 12.1 Å². The van der Waals surface area contributed by atoms with Gasteiger partial charge in [0, 0.05) is 26.6 Å². The second kappa shape index (κ2) is 7.42. The van der Waals surface area contributed by atoms with Crippen molar-refractivity contribution in [3.63, 3.8) is 0 Å². The molecular weight excluding hydrogens is 292 g/mol. The van der Waals surface area contributed by atoms with Crippen molar-refractivity contribution >= 4 is 5.91 Å². The Morgan fingerprint density at radius 2 is 2.22 bits per heavy atom. The van der Waals surface area contributed by atoms with Crippen LogP contribution < -0.4 is 0 Å². The number of nitrogens with zero attached hydrogens (tertiary/aromatic N) is 2. The van der Waals surface area contributed by atoms with E-state index in [2.05, 4.69) is 17.1 Å². The molecule has 5 nitrogen and oxygen atoms in total. The number of carbonyl (C=O) groups is 1. The van der Waals surface area contributed by atoms with E-state index in [-0.39, 0.29) is 18.4 Å². The molecule has 1 aliphatic heterocycles. The lowest BCUT2D eigenvalue weighted by Gasteiger charge is -2.31. The maximum atomic E-state index is 12.0. The number of oxazole rings is 1. The fourth-order valence-electron chi connectivity index (χ4n) is 3.01. The van der Waals surface area contributed by atoms with Crippen LogP contribution in [0.4, 0.5) is 0 Å². The quantitative estimate of drug-likeness (QED) is 0.851. The minimum absolute atomic E-state index is 0.0354. The summed E-state index contributed by atoms with van der Waals surface area (Å²) in [6.45, 7) is 1.58. The van der Waals surface area contributed by atoms with Gasteiger partial charge in [0.1, 0.15) is 12.4 Å². The Kier molecular flexibility index (Phi) is 5.08. The average molecular weight is 314 g/mol. The summed E-state index contributed by atoms with van der Waals surface area (Å²) in [4.78, 5) is 18.3. The SMILES string of the molecule is COCC(=O)N1CCC[C@@H](c2ncc(Cc3ccccc3)o2)C1. The number of hydrogen-bond donors (Lipinski definition) is 0. The van der Waals surface area contributed by atoms with E-state index >= 15 is 0 Å². The van der Waals surface area contributed by atoms with Crippen LogP contribution in [0.1, 0.15) is 36.0 Å². The molecule has 0 bridgehead atoms. The molecule has 0 N–H and O–H groups in total. The van der Waals surface area contributed by atoms with Gasteiger partial charge in [-0.15, -0.1) is 0 Å². The van der Waals surface area contributed by atoms with Gasteiger partial charge in [0.25, 0.3) is 0 Å². The van der Waals surface area contributed by atoms with E-state index in [0.717, 1.165) is 37.5 Å². The van der Waals surface area contributed by atoms with Crippen LogP contribution in [0.3, 0.4) is 0 Å². The lowest BCUT2D eigenvalue weighted by molar-refractivity contribution is -0.136. The van der Waals surface area contributed by atoms with E-state index in [1.807, 2.05) is 23.1 Å². The minimum atomic E-state index is 0.0354. The number of likely N-dealkylation sites (tertiary alicyclic amines) is 1. The van der Waals surface area contributed by atoms with Gasteiger partial charge in [0.2, 0.25) is 5.91 Å². The summed E-state index contributed by atoms with van der Waals surface area (Å²) < 4.78 is 10.9. The Labute approximate surface area is 136 Å². The second-order valence-electron chi connectivity index (χ2n) is 5.94. The number of amides is 1. The van der Waals surface area contributed by atoms with E-state index in [1.54, 1.807) is 13.3 Å². The predicted molar refractivity (Wildman–Crippen MR) is 86.2 cm³/mol. The lowest BCUT2D eigenvalue weighted by Crippen LogP contribution is -2.40. The molecule has 1 aliphatic rings. The summed E-state index contributed by atoms with van der Waals surface area (Å²) in [5.41, 5.74) is 1.20. The molecule has 1 aromatic carbocycles. The summed E-state index contributed by atoms with van der Waals surface area (Å²) in [6.07, 6.45) is 4.52. The van der Waals surface area contributed by atoms with E-state index in [1.165, 1.54) is 5.56 Å². The molecule has 0 saturated carbocycles. The highest BCUT2D eigenvalue weighted by molar-refractivity contribution is 5.77. The minimum Gasteiger partial charge on any atom is -0.445 e. The molecule has 0 aliphatic carbocycles. The van der Waals surface area contributed by atoms with E-state index < -0.39 is 0 Å². The van der Waals surface area contributed by atoms with Crippen LogP contribution in [0.2, 0.25) is 0 Å². The van der Waals surface area contributed by atoms with Crippen molar-refractivity contribution in [1.82, 2.24) is 9.88 Å². The first-order valence-electron chi connectivity index (χ1n) is 8.01. The van der Waals surface area contributed by atoms with Crippen LogP contribution in [0.5, 0.6) is 0 Å². The Bertz CT molecular complexity index is 639. The first-order chi connectivity index (χ1) is 11.3. The fourth-order valence-corrected chi connectivity index (χ4v) is 3.01. The summed E-state index contributed by atoms with van der Waals surface area (Å²) in [5.74, 6) is 1.82. The van der Waals surface area contributed by atoms with Gasteiger partial charge in [-0.05, 0) is 18.4 Å². The third-order valence-corrected chi connectivity index (χ3v) is 4.18. The average Bonchev–Trinajstić information content (AvgIpc) is 3.05. The number of ether oxygens (including phenoxy) is 1. The van der Waals surface area contributed by atoms with Gasteiger partial charge < -0.3 is 14.1 Å². The zero-order chi connectivity index (χ0) is 16.1. The van der Waals surface area contributed by atoms with Crippen molar-refractivity contribution in [3.8, 4) is 0 Å². The number of carbonyl (C=O) groups excluding carboxylic acids is 1. The topological polar surface area (TPSA) is 55.6 Å². The van der Waals surface area contributed by atoms with Crippen molar-refractivity contribution < 1.29 is 13.9 Å². The smallest absolute Gasteiger partial charge is 0.248 e. The molecule has 2 aromatic rings. The third-order valence-electron chi connectivity index (χ3n) is 4.18. The van der Waals surface area contributed by atoms with E-state index in [4.69, 9.17) is 9.15 Å². The van der Waals surface area contributed by atoms with Gasteiger partial charge in [-0.2, -0.15) is 0 Å². The van der Waals surface area contributed by atoms with E-state index in [9.17, 15) is 4.79 Å². The summed E-state index contributed by atoms with van der Waals surface area (Å²) in [6, 6.07) is 10.2. The maximum absolute atomic E-state index is 12.0. The highest BCUT2D eigenvalue weighted by Crippen LogP contribution is 2.27. The Morgan fingerprint density at radius 3 is 3.00 bits per heavy atom. The predicted octanol–water partition coefficient (Wildman–Crippen LogP) is 2.62. The first-order valence-corrected chi connectivity index (χ1v) is 8.01. The zero-order valence-electron chi connectivity index (χ0n) is 13.4. The van der Waals surface area contributed by atoms with Gasteiger partial charge >= 0.3 is 0 Å². The molecule has 1 aromatic heterocycles. The van der Waals surface area contributed by atoms with Crippen molar-refractivity contribution in [1.29, 1.82) is 0 Å². The largest absolute Gasteiger partial charge is 0.445 e. The van der Waals surface area contributed by atoms with Crippen LogP contribution >= 0.6 is 0 Å². The highest BCUT2D eigenvalue weighted by Gasteiger charge is 2.27. The molecule has 0 radical (unpaired) electrons. The summed E-state index contributed by atoms with van der Waals surface area (Å²) in [7, 11) is 1.54. The molecule has 1 amide bonds. The Balaban J connectivity index is 1.64. The lowest BCUT2D eigenvalue weighted by atomic mass is 9.98. The molecule has 0 unspecified atom stereocenters. The number of aromatic nitrogens is 1. The number of benzene rings is 1. The maximum Gasteiger partial charge on any atom is 0.248 e. The van der Waals surface area contributed by atoms with Crippen molar-refractivity contribution in [3.05, 3.63) is 53.7 Å². The molecule has 23 heavy (non-hydrogen) atoms. The number of rotatable bonds is 5. The molecule has 0 spiro atoms. The van der Waals surface area contributed by atoms with Gasteiger partial charge in [-0.3, -0.25) is 4.79 Å². The normalized spacial score (nSPS) is 18.1. The number of piperidine rings is 1. The van der Waals surface area contributed by atoms with Crippen molar-refractivity contribution in [2.75, 3.05) is 26.8 Å². The zero-order valence-corrected chi connectivity index (χ0v) is 13.4. The van der Waals surface area contributed by atoms with Crippen molar-refractivity contribution in [2.24, 2.45) is 0 Å². The van der Waals surface area contributed by atoms with Crippen LogP contribution in [-0.4, -0.2) is 42.6 Å². The summed E-state index contributed by atoms with van der Waals surface area (Å²) in [5, 5.41) is 0. The van der Waals surface area contributed by atoms with E-state index in [0.29, 0.717) is 6.54 Å². The van der Waals surface area contributed by atoms with Crippen LogP contribution in [0, 0.1) is 0 Å². The van der Waals surface area contributed by atoms with Crippen LogP contribution in [0.25, 0.3) is 0 Å². The summed E-state index contributed by atoms with van der Waals surface area (Å²) >= 11 is 0. The second-order valence-corrected chi connectivity index (χ2v) is 5.94. The molecule has 1 fully saturated rings. The van der Waals surface area contributed by atoms with Gasteiger partial charge in [0.15, 0.2) is 5.89 Å². The first kappa shape index (κ1) is 15.7. The van der Waals surface area contributed by atoms with Crippen LogP contribution in [-0.2, 0) is 16.0 Å². The Hall–Kier alpha value is -2.14. The Morgan fingerprint density at radius 1 is 1.39 bits per heavy atom. The molecule has 3 rings (SSSR count). The van der Waals surface area contributed by atoms with Crippen LogP contribution in [0.15, 0.2) is 40.9 Å². The molecule has 5 heteroatoms. The monoisotopic (exact) mass is 314 g/mol. The number of hydrogen-bond acceptors (Lipinski definition) is 4. The van der Waals surface area contributed by atoms with Gasteiger partial charge in [-0.25, -0.2) is 4.98 Å². The fraction of sp³-hybridized carbons (Fsp3) is 0.444. The number of methoxy groups -OCH3 is 1. The molecule has 1 saturated heterocycles. The molecular formula is C18H22N2O3.